The van der Waals surface area contributed by atoms with E-state index in [4.69, 9.17) is 10.5 Å². The minimum Gasteiger partial charge on any atom is -0.487 e. The smallest absolute Gasteiger partial charge is 0.166 e. The summed E-state index contributed by atoms with van der Waals surface area (Å²) in [6.45, 7) is 0. The third kappa shape index (κ3) is 1.42. The SMILES string of the molecule is Nc1ncccc1OC1CC1. The van der Waals surface area contributed by atoms with Crippen LogP contribution < -0.4 is 10.5 Å². The van der Waals surface area contributed by atoms with Gasteiger partial charge in [0, 0.05) is 6.20 Å². The minimum atomic E-state index is 0.390. The molecule has 0 aliphatic heterocycles. The molecule has 0 unspecified atom stereocenters. The minimum absolute atomic E-state index is 0.390. The Kier molecular flexibility index (Phi) is 1.42. The molecule has 0 atom stereocenters. The van der Waals surface area contributed by atoms with Gasteiger partial charge in [-0.15, -0.1) is 0 Å². The van der Waals surface area contributed by atoms with Crippen LogP contribution in [0.2, 0.25) is 0 Å². The number of nitrogen functional groups attached to an aromatic ring is 1. The van der Waals surface area contributed by atoms with Gasteiger partial charge in [0.15, 0.2) is 11.6 Å². The van der Waals surface area contributed by atoms with Gasteiger partial charge in [0.2, 0.25) is 0 Å². The van der Waals surface area contributed by atoms with E-state index < -0.39 is 0 Å². The average molecular weight is 150 g/mol. The van der Waals surface area contributed by atoms with Crippen LogP contribution in [0.25, 0.3) is 0 Å². The summed E-state index contributed by atoms with van der Waals surface area (Å²) in [7, 11) is 0. The van der Waals surface area contributed by atoms with E-state index in [2.05, 4.69) is 4.98 Å². The monoisotopic (exact) mass is 150 g/mol. The zero-order valence-electron chi connectivity index (χ0n) is 6.16. The van der Waals surface area contributed by atoms with Gasteiger partial charge < -0.3 is 10.5 Å². The molecule has 0 saturated heterocycles. The summed E-state index contributed by atoms with van der Waals surface area (Å²) in [5.41, 5.74) is 5.56. The molecule has 2 rings (SSSR count). The van der Waals surface area contributed by atoms with Gasteiger partial charge in [-0.25, -0.2) is 4.98 Å². The summed E-state index contributed by atoms with van der Waals surface area (Å²) in [4.78, 5) is 3.91. The van der Waals surface area contributed by atoms with Crippen LogP contribution in [-0.2, 0) is 0 Å². The molecule has 1 aliphatic carbocycles. The Morgan fingerprint density at radius 3 is 3.00 bits per heavy atom. The second-order valence-corrected chi connectivity index (χ2v) is 2.70. The molecule has 1 aromatic heterocycles. The Morgan fingerprint density at radius 1 is 1.55 bits per heavy atom. The fourth-order valence-corrected chi connectivity index (χ4v) is 0.868. The van der Waals surface area contributed by atoms with Crippen LogP contribution in [0.5, 0.6) is 5.75 Å². The zero-order chi connectivity index (χ0) is 7.68. The number of anilines is 1. The lowest BCUT2D eigenvalue weighted by atomic mass is 10.4. The fraction of sp³-hybridized carbons (Fsp3) is 0.375. The maximum Gasteiger partial charge on any atom is 0.166 e. The van der Waals surface area contributed by atoms with Crippen molar-refractivity contribution in [3.8, 4) is 5.75 Å². The third-order valence-electron chi connectivity index (χ3n) is 1.62. The van der Waals surface area contributed by atoms with E-state index in [9.17, 15) is 0 Å². The van der Waals surface area contributed by atoms with E-state index in [0.29, 0.717) is 11.9 Å². The summed E-state index contributed by atoms with van der Waals surface area (Å²) in [5, 5.41) is 0. The van der Waals surface area contributed by atoms with E-state index >= 15 is 0 Å². The first-order chi connectivity index (χ1) is 5.36. The molecule has 1 aliphatic rings. The Hall–Kier alpha value is -1.25. The van der Waals surface area contributed by atoms with Gasteiger partial charge in [0.1, 0.15) is 0 Å². The molecule has 1 aromatic rings. The van der Waals surface area contributed by atoms with Gasteiger partial charge in [-0.2, -0.15) is 0 Å². The van der Waals surface area contributed by atoms with Crippen LogP contribution in [-0.4, -0.2) is 11.1 Å². The topological polar surface area (TPSA) is 48.1 Å². The maximum atomic E-state index is 5.56. The number of nitrogens with zero attached hydrogens (tertiary/aromatic N) is 1. The predicted molar refractivity (Wildman–Crippen MR) is 42.3 cm³/mol. The third-order valence-corrected chi connectivity index (χ3v) is 1.62. The van der Waals surface area contributed by atoms with Crippen molar-refractivity contribution >= 4 is 5.82 Å². The first-order valence-corrected chi connectivity index (χ1v) is 3.73. The van der Waals surface area contributed by atoms with Crippen molar-refractivity contribution in [2.45, 2.75) is 18.9 Å². The molecule has 58 valence electrons. The number of ether oxygens (including phenoxy) is 1. The summed E-state index contributed by atoms with van der Waals surface area (Å²) < 4.78 is 5.47. The zero-order valence-corrected chi connectivity index (χ0v) is 6.16. The van der Waals surface area contributed by atoms with Crippen LogP contribution >= 0.6 is 0 Å². The molecule has 0 amide bonds. The van der Waals surface area contributed by atoms with Crippen LogP contribution in [0.3, 0.4) is 0 Å². The molecule has 0 spiro atoms. The van der Waals surface area contributed by atoms with Crippen LogP contribution in [0.1, 0.15) is 12.8 Å². The molecule has 1 heterocycles. The first kappa shape index (κ1) is 6.46. The second kappa shape index (κ2) is 2.42. The highest BCUT2D eigenvalue weighted by molar-refractivity contribution is 5.44. The first-order valence-electron chi connectivity index (χ1n) is 3.73. The Labute approximate surface area is 65.2 Å². The molecule has 11 heavy (non-hydrogen) atoms. The number of hydrogen-bond acceptors (Lipinski definition) is 3. The molecule has 0 aromatic carbocycles. The fourth-order valence-electron chi connectivity index (χ4n) is 0.868. The molecule has 1 fully saturated rings. The summed E-state index contributed by atoms with van der Waals surface area (Å²) in [6, 6.07) is 3.68. The van der Waals surface area contributed by atoms with Crippen molar-refractivity contribution in [3.05, 3.63) is 18.3 Å². The highest BCUT2D eigenvalue weighted by atomic mass is 16.5. The van der Waals surface area contributed by atoms with Crippen molar-refractivity contribution in [3.63, 3.8) is 0 Å². The lowest BCUT2D eigenvalue weighted by Crippen LogP contribution is -2.00. The van der Waals surface area contributed by atoms with Crippen LogP contribution in [0.4, 0.5) is 5.82 Å². The quantitative estimate of drug-likeness (QED) is 0.689. The number of nitrogens with two attached hydrogens (primary N) is 1. The van der Waals surface area contributed by atoms with Crippen molar-refractivity contribution in [1.29, 1.82) is 0 Å². The van der Waals surface area contributed by atoms with E-state index in [1.165, 1.54) is 0 Å². The van der Waals surface area contributed by atoms with Crippen LogP contribution in [0, 0.1) is 0 Å². The van der Waals surface area contributed by atoms with Crippen molar-refractivity contribution in [1.82, 2.24) is 4.98 Å². The van der Waals surface area contributed by atoms with E-state index in [0.717, 1.165) is 18.6 Å². The van der Waals surface area contributed by atoms with E-state index in [-0.39, 0.29) is 0 Å². The Bertz CT molecular complexity index is 258. The van der Waals surface area contributed by atoms with Gasteiger partial charge in [-0.3, -0.25) is 0 Å². The molecule has 0 bridgehead atoms. The lowest BCUT2D eigenvalue weighted by Gasteiger charge is -2.04. The number of aromatic nitrogens is 1. The Balaban J connectivity index is 2.15. The second-order valence-electron chi connectivity index (χ2n) is 2.70. The summed E-state index contributed by atoms with van der Waals surface area (Å²) >= 11 is 0. The molecule has 3 heteroatoms. The van der Waals surface area contributed by atoms with E-state index in [1.54, 1.807) is 6.20 Å². The van der Waals surface area contributed by atoms with Gasteiger partial charge in [0.05, 0.1) is 6.10 Å². The van der Waals surface area contributed by atoms with Crippen molar-refractivity contribution in [2.24, 2.45) is 0 Å². The summed E-state index contributed by atoms with van der Waals surface area (Å²) in [6.07, 6.45) is 4.35. The van der Waals surface area contributed by atoms with Gasteiger partial charge in [-0.1, -0.05) is 0 Å². The lowest BCUT2D eigenvalue weighted by molar-refractivity contribution is 0.304. The number of hydrogen-bond donors (Lipinski definition) is 1. The largest absolute Gasteiger partial charge is 0.487 e. The number of pyridine rings is 1. The van der Waals surface area contributed by atoms with Crippen LogP contribution in [0.15, 0.2) is 18.3 Å². The molecular formula is C8H10N2O. The standard InChI is InChI=1S/C8H10N2O/c9-8-7(2-1-5-10-8)11-6-3-4-6/h1-2,5-6H,3-4H2,(H2,9,10). The van der Waals surface area contributed by atoms with E-state index in [1.807, 2.05) is 12.1 Å². The maximum absolute atomic E-state index is 5.56. The van der Waals surface area contributed by atoms with Gasteiger partial charge in [-0.05, 0) is 25.0 Å². The highest BCUT2D eigenvalue weighted by Gasteiger charge is 2.24. The summed E-state index contributed by atoms with van der Waals surface area (Å²) in [5.74, 6) is 1.20. The van der Waals surface area contributed by atoms with Gasteiger partial charge in [0.25, 0.3) is 0 Å². The van der Waals surface area contributed by atoms with Crippen molar-refractivity contribution < 1.29 is 4.74 Å². The molecular weight excluding hydrogens is 140 g/mol. The number of rotatable bonds is 2. The predicted octanol–water partition coefficient (Wildman–Crippen LogP) is 1.21. The average Bonchev–Trinajstić information content (AvgIpc) is 2.78. The molecule has 3 nitrogen and oxygen atoms in total. The molecule has 0 radical (unpaired) electrons. The van der Waals surface area contributed by atoms with Crippen molar-refractivity contribution in [2.75, 3.05) is 5.73 Å². The Morgan fingerprint density at radius 2 is 2.36 bits per heavy atom. The highest BCUT2D eigenvalue weighted by Crippen LogP contribution is 2.28. The normalized spacial score (nSPS) is 16.4. The molecule has 2 N–H and O–H groups in total. The van der Waals surface area contributed by atoms with Gasteiger partial charge >= 0.3 is 0 Å². The molecule has 1 saturated carbocycles.